The fourth-order valence-electron chi connectivity index (χ4n) is 2.89. The van der Waals surface area contributed by atoms with Gasteiger partial charge in [-0.3, -0.25) is 9.59 Å². The van der Waals surface area contributed by atoms with E-state index in [9.17, 15) is 9.59 Å². The van der Waals surface area contributed by atoms with E-state index in [4.69, 9.17) is 0 Å². The van der Waals surface area contributed by atoms with Crippen LogP contribution in [0, 0.1) is 6.92 Å². The molecule has 0 aromatic heterocycles. The van der Waals surface area contributed by atoms with E-state index < -0.39 is 0 Å². The van der Waals surface area contributed by atoms with Crippen LogP contribution in [-0.4, -0.2) is 24.4 Å². The Balaban J connectivity index is 1.58. The molecule has 1 unspecified atom stereocenters. The van der Waals surface area contributed by atoms with Gasteiger partial charge < -0.3 is 16.0 Å². The third-order valence-corrected chi connectivity index (χ3v) is 4.34. The highest BCUT2D eigenvalue weighted by Gasteiger charge is 2.21. The largest absolute Gasteiger partial charge is 0.351 e. The average molecular weight is 337 g/mol. The third-order valence-electron chi connectivity index (χ3n) is 4.34. The number of hydrogen-bond donors (Lipinski definition) is 3. The van der Waals surface area contributed by atoms with Crippen LogP contribution in [0.25, 0.3) is 0 Å². The molecular formula is C20H23N3O2. The van der Waals surface area contributed by atoms with E-state index in [1.165, 1.54) is 0 Å². The van der Waals surface area contributed by atoms with Crippen molar-refractivity contribution in [3.05, 3.63) is 65.2 Å². The van der Waals surface area contributed by atoms with Crippen LogP contribution in [0.3, 0.4) is 0 Å². The Morgan fingerprint density at radius 2 is 1.96 bits per heavy atom. The van der Waals surface area contributed by atoms with Crippen LogP contribution in [0.5, 0.6) is 0 Å². The van der Waals surface area contributed by atoms with Gasteiger partial charge in [0.2, 0.25) is 5.91 Å². The fourth-order valence-corrected chi connectivity index (χ4v) is 2.89. The molecule has 130 valence electrons. The molecule has 2 amide bonds. The van der Waals surface area contributed by atoms with E-state index in [0.29, 0.717) is 12.1 Å². The summed E-state index contributed by atoms with van der Waals surface area (Å²) in [5.74, 6) is -0.108. The van der Waals surface area contributed by atoms with Gasteiger partial charge in [0.1, 0.15) is 0 Å². The van der Waals surface area contributed by atoms with Crippen molar-refractivity contribution < 1.29 is 9.59 Å². The summed E-state index contributed by atoms with van der Waals surface area (Å²) < 4.78 is 0. The summed E-state index contributed by atoms with van der Waals surface area (Å²) in [4.78, 5) is 24.3. The number of carbonyl (C=O) groups excluding carboxylic acids is 2. The molecule has 1 heterocycles. The van der Waals surface area contributed by atoms with E-state index in [1.54, 1.807) is 0 Å². The molecule has 1 saturated heterocycles. The standard InChI is InChI=1S/C20H23N3O2/c1-14-7-9-16(10-8-14)19(24)23-17-5-2-4-15(12-17)13-22-20(25)18-6-3-11-21-18/h2,4-5,7-10,12,18,21H,3,6,11,13H2,1H3,(H,22,25)(H,23,24). The summed E-state index contributed by atoms with van der Waals surface area (Å²) in [6, 6.07) is 14.9. The van der Waals surface area contributed by atoms with Crippen LogP contribution in [-0.2, 0) is 11.3 Å². The van der Waals surface area contributed by atoms with E-state index in [0.717, 1.165) is 36.2 Å². The third kappa shape index (κ3) is 4.67. The molecule has 0 saturated carbocycles. The molecule has 1 fully saturated rings. The molecule has 1 atom stereocenters. The number of aryl methyl sites for hydroxylation is 1. The molecule has 3 N–H and O–H groups in total. The predicted octanol–water partition coefficient (Wildman–Crippen LogP) is 2.62. The second kappa shape index (κ2) is 7.94. The highest BCUT2D eigenvalue weighted by molar-refractivity contribution is 6.04. The first kappa shape index (κ1) is 17.2. The van der Waals surface area contributed by atoms with Gasteiger partial charge in [-0.05, 0) is 56.1 Å². The van der Waals surface area contributed by atoms with Crippen molar-refractivity contribution in [2.24, 2.45) is 0 Å². The summed E-state index contributed by atoms with van der Waals surface area (Å²) >= 11 is 0. The number of hydrogen-bond acceptors (Lipinski definition) is 3. The van der Waals surface area contributed by atoms with Crippen molar-refractivity contribution >= 4 is 17.5 Å². The molecule has 5 nitrogen and oxygen atoms in total. The lowest BCUT2D eigenvalue weighted by Gasteiger charge is -2.12. The zero-order valence-corrected chi connectivity index (χ0v) is 14.3. The summed E-state index contributed by atoms with van der Waals surface area (Å²) in [6.45, 7) is 3.34. The molecule has 0 aliphatic carbocycles. The Labute approximate surface area is 147 Å². The van der Waals surface area contributed by atoms with Crippen LogP contribution >= 0.6 is 0 Å². The van der Waals surface area contributed by atoms with Gasteiger partial charge in [0.15, 0.2) is 0 Å². The van der Waals surface area contributed by atoms with Crippen molar-refractivity contribution in [1.82, 2.24) is 10.6 Å². The van der Waals surface area contributed by atoms with Crippen molar-refractivity contribution in [2.45, 2.75) is 32.4 Å². The summed E-state index contributed by atoms with van der Waals surface area (Å²) in [7, 11) is 0. The zero-order valence-electron chi connectivity index (χ0n) is 14.3. The molecular weight excluding hydrogens is 314 g/mol. The average Bonchev–Trinajstić information content (AvgIpc) is 3.15. The van der Waals surface area contributed by atoms with Gasteiger partial charge in [-0.2, -0.15) is 0 Å². The lowest BCUT2D eigenvalue weighted by atomic mass is 10.1. The van der Waals surface area contributed by atoms with Crippen molar-refractivity contribution in [3.8, 4) is 0 Å². The predicted molar refractivity (Wildman–Crippen MR) is 98.4 cm³/mol. The first-order chi connectivity index (χ1) is 12.1. The maximum Gasteiger partial charge on any atom is 0.255 e. The van der Waals surface area contributed by atoms with Gasteiger partial charge in [-0.25, -0.2) is 0 Å². The van der Waals surface area contributed by atoms with Crippen LogP contribution < -0.4 is 16.0 Å². The van der Waals surface area contributed by atoms with Gasteiger partial charge >= 0.3 is 0 Å². The molecule has 5 heteroatoms. The number of nitrogens with one attached hydrogen (secondary N) is 3. The van der Waals surface area contributed by atoms with E-state index in [2.05, 4.69) is 16.0 Å². The molecule has 2 aromatic carbocycles. The normalized spacial score (nSPS) is 16.4. The fraction of sp³-hybridized carbons (Fsp3) is 0.300. The first-order valence-corrected chi connectivity index (χ1v) is 8.60. The van der Waals surface area contributed by atoms with Crippen LogP contribution in [0.1, 0.15) is 34.3 Å². The zero-order chi connectivity index (χ0) is 17.6. The molecule has 0 spiro atoms. The van der Waals surface area contributed by atoms with Gasteiger partial charge in [-0.15, -0.1) is 0 Å². The molecule has 3 rings (SSSR count). The summed E-state index contributed by atoms with van der Waals surface area (Å²) in [5, 5.41) is 9.03. The van der Waals surface area contributed by atoms with Gasteiger partial charge in [-0.1, -0.05) is 29.8 Å². The van der Waals surface area contributed by atoms with E-state index >= 15 is 0 Å². The van der Waals surface area contributed by atoms with Crippen LogP contribution in [0.15, 0.2) is 48.5 Å². The molecule has 0 bridgehead atoms. The number of anilines is 1. The van der Waals surface area contributed by atoms with Crippen molar-refractivity contribution in [2.75, 3.05) is 11.9 Å². The van der Waals surface area contributed by atoms with Crippen LogP contribution in [0.2, 0.25) is 0 Å². The first-order valence-electron chi connectivity index (χ1n) is 8.60. The lowest BCUT2D eigenvalue weighted by Crippen LogP contribution is -2.39. The Bertz CT molecular complexity index is 750. The van der Waals surface area contributed by atoms with Gasteiger partial charge in [0.05, 0.1) is 6.04 Å². The topological polar surface area (TPSA) is 70.2 Å². The number of carbonyl (C=O) groups is 2. The van der Waals surface area contributed by atoms with Gasteiger partial charge in [0.25, 0.3) is 5.91 Å². The Morgan fingerprint density at radius 3 is 2.68 bits per heavy atom. The van der Waals surface area contributed by atoms with Crippen molar-refractivity contribution in [1.29, 1.82) is 0 Å². The lowest BCUT2D eigenvalue weighted by molar-refractivity contribution is -0.122. The molecule has 25 heavy (non-hydrogen) atoms. The molecule has 2 aromatic rings. The minimum atomic E-state index is -0.142. The summed E-state index contributed by atoms with van der Waals surface area (Å²) in [6.07, 6.45) is 1.93. The Kier molecular flexibility index (Phi) is 5.46. The maximum absolute atomic E-state index is 12.3. The molecule has 1 aliphatic rings. The Morgan fingerprint density at radius 1 is 1.16 bits per heavy atom. The quantitative estimate of drug-likeness (QED) is 0.785. The number of rotatable bonds is 5. The second-order valence-electron chi connectivity index (χ2n) is 6.39. The number of benzene rings is 2. The highest BCUT2D eigenvalue weighted by Crippen LogP contribution is 2.13. The number of amides is 2. The van der Waals surface area contributed by atoms with Crippen LogP contribution in [0.4, 0.5) is 5.69 Å². The van der Waals surface area contributed by atoms with E-state index in [1.807, 2.05) is 55.5 Å². The summed E-state index contributed by atoms with van der Waals surface area (Å²) in [5.41, 5.74) is 3.41. The maximum atomic E-state index is 12.3. The smallest absolute Gasteiger partial charge is 0.255 e. The monoisotopic (exact) mass is 337 g/mol. The second-order valence-corrected chi connectivity index (χ2v) is 6.39. The highest BCUT2D eigenvalue weighted by atomic mass is 16.2. The minimum absolute atomic E-state index is 0.0339. The minimum Gasteiger partial charge on any atom is -0.351 e. The van der Waals surface area contributed by atoms with E-state index in [-0.39, 0.29) is 17.9 Å². The Hall–Kier alpha value is -2.66. The SMILES string of the molecule is Cc1ccc(C(=O)Nc2cccc(CNC(=O)C3CCCN3)c2)cc1. The van der Waals surface area contributed by atoms with Gasteiger partial charge in [0, 0.05) is 17.8 Å². The molecule has 1 aliphatic heterocycles. The molecule has 0 radical (unpaired) electrons. The van der Waals surface area contributed by atoms with Crippen molar-refractivity contribution in [3.63, 3.8) is 0 Å².